The summed E-state index contributed by atoms with van der Waals surface area (Å²) < 4.78 is 19.1. The molecular formula is C23H31FO. The van der Waals surface area contributed by atoms with Crippen LogP contribution >= 0.6 is 0 Å². The molecule has 0 heterocycles. The van der Waals surface area contributed by atoms with Gasteiger partial charge in [0.05, 0.1) is 6.61 Å². The molecule has 0 unspecified atom stereocenters. The van der Waals surface area contributed by atoms with Crippen LogP contribution < -0.4 is 0 Å². The summed E-state index contributed by atoms with van der Waals surface area (Å²) in [5.74, 6) is -0.132. The number of allylic oxidation sites excluding steroid dienone is 4. The van der Waals surface area contributed by atoms with Crippen molar-refractivity contribution in [3.8, 4) is 0 Å². The first kappa shape index (κ1) is 19.7. The van der Waals surface area contributed by atoms with Gasteiger partial charge in [-0.15, -0.1) is 0 Å². The SMILES string of the molecule is CC.COCC1=CC=C(C2(c3cccc(F)c3)CCCCC2)CC=C1. The molecule has 3 rings (SSSR count). The Labute approximate surface area is 152 Å². The first-order valence-electron chi connectivity index (χ1n) is 9.56. The fourth-order valence-corrected chi connectivity index (χ4v) is 4.02. The second-order valence-electron chi connectivity index (χ2n) is 6.63. The van der Waals surface area contributed by atoms with Gasteiger partial charge in [0.15, 0.2) is 0 Å². The topological polar surface area (TPSA) is 9.23 Å². The Morgan fingerprint density at radius 1 is 1.08 bits per heavy atom. The molecule has 0 atom stereocenters. The van der Waals surface area contributed by atoms with Crippen LogP contribution in [0.1, 0.15) is 57.9 Å². The van der Waals surface area contributed by atoms with Gasteiger partial charge in [-0.25, -0.2) is 4.39 Å². The number of methoxy groups -OCH3 is 1. The fourth-order valence-electron chi connectivity index (χ4n) is 4.02. The molecule has 0 N–H and O–H groups in total. The van der Waals surface area contributed by atoms with Crippen LogP contribution in [0.3, 0.4) is 0 Å². The van der Waals surface area contributed by atoms with Gasteiger partial charge in [0.25, 0.3) is 0 Å². The van der Waals surface area contributed by atoms with Crippen LogP contribution in [0, 0.1) is 5.82 Å². The van der Waals surface area contributed by atoms with Gasteiger partial charge in [0.1, 0.15) is 5.82 Å². The van der Waals surface area contributed by atoms with E-state index >= 15 is 0 Å². The molecule has 1 aromatic rings. The van der Waals surface area contributed by atoms with Crippen molar-refractivity contribution in [3.63, 3.8) is 0 Å². The lowest BCUT2D eigenvalue weighted by atomic mass is 9.64. The molecule has 0 aliphatic heterocycles. The lowest BCUT2D eigenvalue weighted by Crippen LogP contribution is -2.31. The summed E-state index contributed by atoms with van der Waals surface area (Å²) in [7, 11) is 1.72. The summed E-state index contributed by atoms with van der Waals surface area (Å²) in [5, 5.41) is 0. The first-order chi connectivity index (χ1) is 12.2. The van der Waals surface area contributed by atoms with E-state index in [1.165, 1.54) is 36.5 Å². The van der Waals surface area contributed by atoms with Crippen molar-refractivity contribution in [2.45, 2.75) is 57.8 Å². The number of benzene rings is 1. The van der Waals surface area contributed by atoms with Crippen LogP contribution in [0.25, 0.3) is 0 Å². The van der Waals surface area contributed by atoms with E-state index in [2.05, 4.69) is 30.4 Å². The van der Waals surface area contributed by atoms with Crippen molar-refractivity contribution < 1.29 is 9.13 Å². The van der Waals surface area contributed by atoms with Gasteiger partial charge in [0, 0.05) is 12.5 Å². The molecule has 1 nitrogen and oxygen atoms in total. The van der Waals surface area contributed by atoms with E-state index in [4.69, 9.17) is 4.74 Å². The van der Waals surface area contributed by atoms with Gasteiger partial charge in [-0.2, -0.15) is 0 Å². The third kappa shape index (κ3) is 4.70. The molecule has 0 saturated heterocycles. The third-order valence-electron chi connectivity index (χ3n) is 5.18. The number of ether oxygens (including phenoxy) is 1. The minimum Gasteiger partial charge on any atom is -0.380 e. The van der Waals surface area contributed by atoms with E-state index in [1.54, 1.807) is 13.2 Å². The van der Waals surface area contributed by atoms with E-state index in [0.717, 1.165) is 24.8 Å². The summed E-state index contributed by atoms with van der Waals surface area (Å²) in [6, 6.07) is 7.22. The number of hydrogen-bond donors (Lipinski definition) is 0. The molecule has 25 heavy (non-hydrogen) atoms. The van der Waals surface area contributed by atoms with Crippen molar-refractivity contribution >= 4 is 0 Å². The van der Waals surface area contributed by atoms with Gasteiger partial charge in [-0.1, -0.05) is 75.1 Å². The van der Waals surface area contributed by atoms with E-state index in [9.17, 15) is 4.39 Å². The quantitative estimate of drug-likeness (QED) is 0.606. The van der Waals surface area contributed by atoms with Crippen molar-refractivity contribution in [2.75, 3.05) is 13.7 Å². The number of hydrogen-bond acceptors (Lipinski definition) is 1. The maximum Gasteiger partial charge on any atom is 0.123 e. The Hall–Kier alpha value is -1.67. The van der Waals surface area contributed by atoms with Crippen LogP contribution in [0.5, 0.6) is 0 Å². The lowest BCUT2D eigenvalue weighted by Gasteiger charge is -2.40. The highest BCUT2D eigenvalue weighted by Crippen LogP contribution is 2.46. The standard InChI is InChI=1S/C21H25FO.C2H6/c1-23-16-17-7-5-8-18(12-11-17)21(13-3-2-4-14-21)19-9-6-10-20(22)15-19;1-2/h5-7,9-12,15H,2-4,8,13-14,16H2,1H3;1-2H3. The molecule has 0 spiro atoms. The molecule has 136 valence electrons. The van der Waals surface area contributed by atoms with Crippen molar-refractivity contribution in [3.05, 3.63) is 71.1 Å². The van der Waals surface area contributed by atoms with Crippen molar-refractivity contribution in [2.24, 2.45) is 0 Å². The summed E-state index contributed by atoms with van der Waals surface area (Å²) in [6.07, 6.45) is 15.7. The Balaban J connectivity index is 0.00000109. The van der Waals surface area contributed by atoms with E-state index in [1.807, 2.05) is 19.9 Å². The van der Waals surface area contributed by atoms with Gasteiger partial charge < -0.3 is 4.74 Å². The normalized spacial score (nSPS) is 19.2. The molecule has 2 aliphatic carbocycles. The van der Waals surface area contributed by atoms with Crippen LogP contribution in [0.4, 0.5) is 4.39 Å². The molecular weight excluding hydrogens is 311 g/mol. The zero-order valence-electron chi connectivity index (χ0n) is 15.9. The fraction of sp³-hybridized carbons (Fsp3) is 0.478. The van der Waals surface area contributed by atoms with E-state index < -0.39 is 0 Å². The lowest BCUT2D eigenvalue weighted by molar-refractivity contribution is 0.228. The van der Waals surface area contributed by atoms with Crippen molar-refractivity contribution in [1.29, 1.82) is 0 Å². The Bertz CT molecular complexity index is 633. The Morgan fingerprint density at radius 2 is 1.84 bits per heavy atom. The highest BCUT2D eigenvalue weighted by molar-refractivity contribution is 5.43. The molecule has 2 aliphatic rings. The summed E-state index contributed by atoms with van der Waals surface area (Å²) in [4.78, 5) is 0. The van der Waals surface area contributed by atoms with Gasteiger partial charge in [0.2, 0.25) is 0 Å². The zero-order chi connectivity index (χ0) is 18.1. The summed E-state index contributed by atoms with van der Waals surface area (Å²) in [6.45, 7) is 4.63. The molecule has 0 bridgehead atoms. The molecule has 1 fully saturated rings. The van der Waals surface area contributed by atoms with Gasteiger partial charge in [-0.3, -0.25) is 0 Å². The minimum absolute atomic E-state index is 0.0102. The van der Waals surface area contributed by atoms with Gasteiger partial charge in [-0.05, 0) is 42.5 Å². The number of halogens is 1. The monoisotopic (exact) mass is 342 g/mol. The molecule has 1 saturated carbocycles. The molecule has 0 radical (unpaired) electrons. The average Bonchev–Trinajstić information content (AvgIpc) is 2.90. The Kier molecular flexibility index (Phi) is 7.64. The highest BCUT2D eigenvalue weighted by atomic mass is 19.1. The van der Waals surface area contributed by atoms with E-state index in [0.29, 0.717) is 6.61 Å². The molecule has 1 aromatic carbocycles. The molecule has 2 heteroatoms. The number of rotatable bonds is 4. The second-order valence-corrected chi connectivity index (χ2v) is 6.63. The molecule has 0 aromatic heterocycles. The summed E-state index contributed by atoms with van der Waals surface area (Å²) >= 11 is 0. The van der Waals surface area contributed by atoms with Crippen LogP contribution in [0.2, 0.25) is 0 Å². The van der Waals surface area contributed by atoms with E-state index in [-0.39, 0.29) is 11.2 Å². The zero-order valence-corrected chi connectivity index (χ0v) is 15.9. The average molecular weight is 342 g/mol. The minimum atomic E-state index is -0.132. The molecule has 0 amide bonds. The van der Waals surface area contributed by atoms with Crippen LogP contribution in [-0.4, -0.2) is 13.7 Å². The largest absolute Gasteiger partial charge is 0.380 e. The van der Waals surface area contributed by atoms with Crippen molar-refractivity contribution in [1.82, 2.24) is 0 Å². The predicted molar refractivity (Wildman–Crippen MR) is 104 cm³/mol. The third-order valence-corrected chi connectivity index (χ3v) is 5.18. The smallest absolute Gasteiger partial charge is 0.123 e. The van der Waals surface area contributed by atoms with Crippen LogP contribution in [0.15, 0.2) is 59.7 Å². The highest BCUT2D eigenvalue weighted by Gasteiger charge is 2.37. The maximum atomic E-state index is 13.8. The first-order valence-corrected chi connectivity index (χ1v) is 9.56. The summed E-state index contributed by atoms with van der Waals surface area (Å²) in [5.41, 5.74) is 3.72. The van der Waals surface area contributed by atoms with Gasteiger partial charge >= 0.3 is 0 Å². The van der Waals surface area contributed by atoms with Crippen LogP contribution in [-0.2, 0) is 10.2 Å². The second kappa shape index (κ2) is 9.72. The maximum absolute atomic E-state index is 13.8. The Morgan fingerprint density at radius 3 is 2.52 bits per heavy atom. The predicted octanol–water partition coefficient (Wildman–Crippen LogP) is 6.51.